The molecule has 1 aromatic rings. The Kier molecular flexibility index (Phi) is 2.28. The highest BCUT2D eigenvalue weighted by atomic mass is 16.1. The Balaban J connectivity index is 1.72. The van der Waals surface area contributed by atoms with Crippen LogP contribution in [0.5, 0.6) is 0 Å². The average Bonchev–Trinajstić information content (AvgIpc) is 2.83. The highest BCUT2D eigenvalue weighted by Crippen LogP contribution is 2.34. The first kappa shape index (κ1) is 9.64. The zero-order valence-corrected chi connectivity index (χ0v) is 9.23. The molecular formula is C14H15NO. The Labute approximate surface area is 95.6 Å². The van der Waals surface area contributed by atoms with Gasteiger partial charge in [-0.25, -0.2) is 0 Å². The van der Waals surface area contributed by atoms with E-state index in [1.807, 2.05) is 6.07 Å². The summed E-state index contributed by atoms with van der Waals surface area (Å²) in [6, 6.07) is 10.4. The van der Waals surface area contributed by atoms with Crippen molar-refractivity contribution in [3.63, 3.8) is 0 Å². The first-order valence-corrected chi connectivity index (χ1v) is 5.84. The lowest BCUT2D eigenvalue weighted by atomic mass is 10.1. The third-order valence-corrected chi connectivity index (χ3v) is 3.49. The number of carbonyl (C=O) groups excluding carboxylic acids is 1. The van der Waals surface area contributed by atoms with Gasteiger partial charge in [0.15, 0.2) is 0 Å². The summed E-state index contributed by atoms with van der Waals surface area (Å²) in [5.41, 5.74) is 2.66. The van der Waals surface area contributed by atoms with Crippen LogP contribution in [0.25, 0.3) is 0 Å². The van der Waals surface area contributed by atoms with E-state index < -0.39 is 0 Å². The SMILES string of the molecule is O=C1CCC2=CN(Cc3ccccc3)CC12. The molecule has 1 atom stereocenters. The molecule has 3 rings (SSSR count). The van der Waals surface area contributed by atoms with E-state index in [1.165, 1.54) is 11.1 Å². The number of rotatable bonds is 2. The lowest BCUT2D eigenvalue weighted by molar-refractivity contribution is -0.120. The number of Topliss-reactive ketones (excluding diaryl/α,β-unsaturated/α-hetero) is 1. The lowest BCUT2D eigenvalue weighted by Gasteiger charge is -2.17. The summed E-state index contributed by atoms with van der Waals surface area (Å²) in [7, 11) is 0. The summed E-state index contributed by atoms with van der Waals surface area (Å²) in [4.78, 5) is 13.9. The predicted octanol–water partition coefficient (Wildman–Crippen LogP) is 2.37. The van der Waals surface area contributed by atoms with E-state index in [1.54, 1.807) is 0 Å². The van der Waals surface area contributed by atoms with Gasteiger partial charge < -0.3 is 4.90 Å². The van der Waals surface area contributed by atoms with Gasteiger partial charge in [0.2, 0.25) is 0 Å². The molecule has 2 aliphatic rings. The van der Waals surface area contributed by atoms with Crippen molar-refractivity contribution in [3.05, 3.63) is 47.7 Å². The molecule has 1 saturated carbocycles. The van der Waals surface area contributed by atoms with E-state index in [-0.39, 0.29) is 5.92 Å². The summed E-state index contributed by atoms with van der Waals surface area (Å²) in [5, 5.41) is 0. The van der Waals surface area contributed by atoms with Crippen LogP contribution in [0, 0.1) is 5.92 Å². The van der Waals surface area contributed by atoms with Crippen LogP contribution >= 0.6 is 0 Å². The molecule has 82 valence electrons. The second-order valence-electron chi connectivity index (χ2n) is 4.64. The first-order chi connectivity index (χ1) is 7.83. The second kappa shape index (κ2) is 3.78. The Morgan fingerprint density at radius 1 is 1.19 bits per heavy atom. The molecule has 1 aliphatic heterocycles. The molecule has 2 heteroatoms. The minimum absolute atomic E-state index is 0.212. The van der Waals surface area contributed by atoms with E-state index in [4.69, 9.17) is 0 Å². The van der Waals surface area contributed by atoms with Gasteiger partial charge in [0.25, 0.3) is 0 Å². The number of carbonyl (C=O) groups is 1. The third kappa shape index (κ3) is 1.64. The fourth-order valence-corrected chi connectivity index (χ4v) is 2.65. The van der Waals surface area contributed by atoms with Crippen LogP contribution in [0.15, 0.2) is 42.1 Å². The molecule has 2 nitrogen and oxygen atoms in total. The van der Waals surface area contributed by atoms with E-state index in [2.05, 4.69) is 35.4 Å². The number of benzene rings is 1. The van der Waals surface area contributed by atoms with Crippen molar-refractivity contribution in [2.24, 2.45) is 5.92 Å². The topological polar surface area (TPSA) is 20.3 Å². The smallest absolute Gasteiger partial charge is 0.142 e. The van der Waals surface area contributed by atoms with E-state index in [0.717, 1.165) is 25.9 Å². The zero-order valence-electron chi connectivity index (χ0n) is 9.23. The van der Waals surface area contributed by atoms with E-state index >= 15 is 0 Å². The van der Waals surface area contributed by atoms with Gasteiger partial charge in [0.05, 0.1) is 5.92 Å². The maximum absolute atomic E-state index is 11.6. The lowest BCUT2D eigenvalue weighted by Crippen LogP contribution is -2.21. The van der Waals surface area contributed by atoms with Gasteiger partial charge in [0.1, 0.15) is 5.78 Å². The summed E-state index contributed by atoms with van der Waals surface area (Å²) >= 11 is 0. The van der Waals surface area contributed by atoms with E-state index in [0.29, 0.717) is 5.78 Å². The maximum atomic E-state index is 11.6. The molecule has 1 fully saturated rings. The van der Waals surface area contributed by atoms with Gasteiger partial charge in [-0.15, -0.1) is 0 Å². The Morgan fingerprint density at radius 2 is 2.00 bits per heavy atom. The fraction of sp³-hybridized carbons (Fsp3) is 0.357. The van der Waals surface area contributed by atoms with Crippen LogP contribution in [0.1, 0.15) is 18.4 Å². The average molecular weight is 213 g/mol. The van der Waals surface area contributed by atoms with Crippen LogP contribution in [0.4, 0.5) is 0 Å². The van der Waals surface area contributed by atoms with Crippen LogP contribution in [-0.4, -0.2) is 17.2 Å². The Bertz CT molecular complexity index is 435. The monoisotopic (exact) mass is 213 g/mol. The van der Waals surface area contributed by atoms with Crippen LogP contribution in [0.3, 0.4) is 0 Å². The minimum Gasteiger partial charge on any atom is -0.372 e. The van der Waals surface area contributed by atoms with Crippen molar-refractivity contribution in [3.8, 4) is 0 Å². The molecule has 1 aliphatic carbocycles. The van der Waals surface area contributed by atoms with Crippen LogP contribution in [-0.2, 0) is 11.3 Å². The molecule has 0 saturated heterocycles. The maximum Gasteiger partial charge on any atom is 0.142 e. The van der Waals surface area contributed by atoms with Gasteiger partial charge in [-0.1, -0.05) is 30.3 Å². The number of fused-ring (bicyclic) bond motifs is 1. The van der Waals surface area contributed by atoms with Crippen molar-refractivity contribution < 1.29 is 4.79 Å². The minimum atomic E-state index is 0.212. The van der Waals surface area contributed by atoms with Gasteiger partial charge in [-0.2, -0.15) is 0 Å². The quantitative estimate of drug-likeness (QED) is 0.751. The summed E-state index contributed by atoms with van der Waals surface area (Å²) in [6.07, 6.45) is 3.94. The van der Waals surface area contributed by atoms with Crippen molar-refractivity contribution in [1.29, 1.82) is 0 Å². The highest BCUT2D eigenvalue weighted by molar-refractivity contribution is 5.87. The van der Waals surface area contributed by atoms with Crippen molar-refractivity contribution in [1.82, 2.24) is 4.90 Å². The summed E-state index contributed by atoms with van der Waals surface area (Å²) in [6.45, 7) is 1.82. The molecule has 0 radical (unpaired) electrons. The van der Waals surface area contributed by atoms with Crippen molar-refractivity contribution >= 4 is 5.78 Å². The van der Waals surface area contributed by atoms with Crippen molar-refractivity contribution in [2.45, 2.75) is 19.4 Å². The zero-order chi connectivity index (χ0) is 11.0. The van der Waals surface area contributed by atoms with Gasteiger partial charge in [-0.3, -0.25) is 4.79 Å². The molecule has 1 heterocycles. The number of hydrogen-bond acceptors (Lipinski definition) is 2. The van der Waals surface area contributed by atoms with Gasteiger partial charge in [-0.05, 0) is 23.8 Å². The number of nitrogens with zero attached hydrogens (tertiary/aromatic N) is 1. The molecule has 0 amide bonds. The Morgan fingerprint density at radius 3 is 2.75 bits per heavy atom. The summed E-state index contributed by atoms with van der Waals surface area (Å²) in [5.74, 6) is 0.644. The second-order valence-corrected chi connectivity index (χ2v) is 4.64. The molecule has 0 bridgehead atoms. The number of ketones is 1. The van der Waals surface area contributed by atoms with Crippen molar-refractivity contribution in [2.75, 3.05) is 6.54 Å². The number of hydrogen-bond donors (Lipinski definition) is 0. The summed E-state index contributed by atoms with van der Waals surface area (Å²) < 4.78 is 0. The van der Waals surface area contributed by atoms with E-state index in [9.17, 15) is 4.79 Å². The van der Waals surface area contributed by atoms with Gasteiger partial charge in [0, 0.05) is 19.5 Å². The predicted molar refractivity (Wildman–Crippen MR) is 62.7 cm³/mol. The third-order valence-electron chi connectivity index (χ3n) is 3.49. The molecule has 1 unspecified atom stereocenters. The highest BCUT2D eigenvalue weighted by Gasteiger charge is 2.34. The molecular weight excluding hydrogens is 198 g/mol. The van der Waals surface area contributed by atoms with Crippen LogP contribution in [0.2, 0.25) is 0 Å². The molecule has 16 heavy (non-hydrogen) atoms. The first-order valence-electron chi connectivity index (χ1n) is 5.84. The molecule has 0 aromatic heterocycles. The molecule has 1 aromatic carbocycles. The van der Waals surface area contributed by atoms with Crippen LogP contribution < -0.4 is 0 Å². The molecule has 0 spiro atoms. The fourth-order valence-electron chi connectivity index (χ4n) is 2.65. The molecule has 0 N–H and O–H groups in total. The standard InChI is InChI=1S/C14H15NO/c16-14-7-6-12-9-15(10-13(12)14)8-11-4-2-1-3-5-11/h1-5,9,13H,6-8,10H2. The van der Waals surface area contributed by atoms with Gasteiger partial charge >= 0.3 is 0 Å². The Hall–Kier alpha value is -1.57. The normalized spacial score (nSPS) is 23.5. The largest absolute Gasteiger partial charge is 0.372 e.